The Labute approximate surface area is 163 Å². The van der Waals surface area contributed by atoms with E-state index >= 15 is 0 Å². The number of nitrogens with one attached hydrogen (secondary N) is 1. The fourth-order valence-corrected chi connectivity index (χ4v) is 3.73. The SMILES string of the molecule is CCOc1ccc(C(c2ccc(C)cc2)N2CCCNCC2)cc1OCC. The number of hydrogen-bond acceptors (Lipinski definition) is 4. The molecule has 0 radical (unpaired) electrons. The maximum Gasteiger partial charge on any atom is 0.161 e. The van der Waals surface area contributed by atoms with Gasteiger partial charge in [-0.25, -0.2) is 0 Å². The number of benzene rings is 2. The topological polar surface area (TPSA) is 33.7 Å². The Kier molecular flexibility index (Phi) is 7.13. The van der Waals surface area contributed by atoms with Crippen LogP contribution in [0.4, 0.5) is 0 Å². The van der Waals surface area contributed by atoms with E-state index in [9.17, 15) is 0 Å². The highest BCUT2D eigenvalue weighted by atomic mass is 16.5. The molecule has 0 aliphatic carbocycles. The van der Waals surface area contributed by atoms with Gasteiger partial charge in [-0.1, -0.05) is 35.9 Å². The van der Waals surface area contributed by atoms with E-state index in [0.29, 0.717) is 13.2 Å². The molecule has 4 heteroatoms. The van der Waals surface area contributed by atoms with Gasteiger partial charge in [0.15, 0.2) is 11.5 Å². The second kappa shape index (κ2) is 9.77. The number of aryl methyl sites for hydroxylation is 1. The third-order valence-electron chi connectivity index (χ3n) is 5.02. The third-order valence-corrected chi connectivity index (χ3v) is 5.02. The van der Waals surface area contributed by atoms with E-state index in [4.69, 9.17) is 9.47 Å². The first-order chi connectivity index (χ1) is 13.2. The van der Waals surface area contributed by atoms with Gasteiger partial charge in [0.25, 0.3) is 0 Å². The highest BCUT2D eigenvalue weighted by molar-refractivity contribution is 5.46. The van der Waals surface area contributed by atoms with Gasteiger partial charge >= 0.3 is 0 Å². The van der Waals surface area contributed by atoms with Crippen molar-refractivity contribution in [2.24, 2.45) is 0 Å². The summed E-state index contributed by atoms with van der Waals surface area (Å²) in [6, 6.07) is 15.6. The lowest BCUT2D eigenvalue weighted by Crippen LogP contribution is -2.33. The first-order valence-electron chi connectivity index (χ1n) is 10.1. The van der Waals surface area contributed by atoms with Crippen molar-refractivity contribution in [1.82, 2.24) is 10.2 Å². The van der Waals surface area contributed by atoms with E-state index in [-0.39, 0.29) is 6.04 Å². The molecule has 2 aromatic carbocycles. The summed E-state index contributed by atoms with van der Waals surface area (Å²) in [6.45, 7) is 11.7. The molecule has 27 heavy (non-hydrogen) atoms. The van der Waals surface area contributed by atoms with Gasteiger partial charge in [-0.05, 0) is 57.0 Å². The normalized spacial score (nSPS) is 16.6. The molecule has 0 saturated carbocycles. The summed E-state index contributed by atoms with van der Waals surface area (Å²) < 4.78 is 11.7. The minimum absolute atomic E-state index is 0.223. The number of nitrogens with zero attached hydrogens (tertiary/aromatic N) is 1. The maximum atomic E-state index is 5.89. The fourth-order valence-electron chi connectivity index (χ4n) is 3.73. The molecule has 2 aromatic rings. The largest absolute Gasteiger partial charge is 0.490 e. The van der Waals surface area contributed by atoms with Crippen molar-refractivity contribution in [2.45, 2.75) is 33.2 Å². The molecule has 1 unspecified atom stereocenters. The van der Waals surface area contributed by atoms with Crippen LogP contribution in [0.5, 0.6) is 11.5 Å². The van der Waals surface area contributed by atoms with E-state index in [2.05, 4.69) is 59.6 Å². The molecule has 3 rings (SSSR count). The summed E-state index contributed by atoms with van der Waals surface area (Å²) in [5.41, 5.74) is 3.87. The lowest BCUT2D eigenvalue weighted by molar-refractivity contribution is 0.239. The third kappa shape index (κ3) is 5.02. The molecule has 1 heterocycles. The van der Waals surface area contributed by atoms with Crippen molar-refractivity contribution >= 4 is 0 Å². The second-order valence-electron chi connectivity index (χ2n) is 7.02. The summed E-state index contributed by atoms with van der Waals surface area (Å²) in [5, 5.41) is 3.52. The predicted molar refractivity (Wildman–Crippen MR) is 111 cm³/mol. The highest BCUT2D eigenvalue weighted by Crippen LogP contribution is 2.36. The Morgan fingerprint density at radius 3 is 2.33 bits per heavy atom. The molecular weight excluding hydrogens is 336 g/mol. The van der Waals surface area contributed by atoms with Crippen LogP contribution in [0.15, 0.2) is 42.5 Å². The molecular formula is C23H32N2O2. The quantitative estimate of drug-likeness (QED) is 0.795. The number of ether oxygens (including phenoxy) is 2. The average molecular weight is 369 g/mol. The van der Waals surface area contributed by atoms with Crippen LogP contribution in [0, 0.1) is 6.92 Å². The fraction of sp³-hybridized carbons (Fsp3) is 0.478. The number of hydrogen-bond donors (Lipinski definition) is 1. The lowest BCUT2D eigenvalue weighted by Gasteiger charge is -2.32. The monoisotopic (exact) mass is 368 g/mol. The van der Waals surface area contributed by atoms with E-state index in [0.717, 1.165) is 44.1 Å². The standard InChI is InChI=1S/C23H32N2O2/c1-4-26-21-12-11-20(17-22(21)27-5-2)23(19-9-7-18(3)8-10-19)25-15-6-13-24-14-16-25/h7-12,17,23-24H,4-6,13-16H2,1-3H3. The van der Waals surface area contributed by atoms with E-state index in [1.54, 1.807) is 0 Å². The molecule has 146 valence electrons. The van der Waals surface area contributed by atoms with Gasteiger partial charge in [0.1, 0.15) is 0 Å². The molecule has 0 bridgehead atoms. The second-order valence-corrected chi connectivity index (χ2v) is 7.02. The molecule has 0 amide bonds. The van der Waals surface area contributed by atoms with Gasteiger partial charge in [-0.2, -0.15) is 0 Å². The molecule has 1 atom stereocenters. The molecule has 1 aliphatic heterocycles. The maximum absolute atomic E-state index is 5.89. The van der Waals surface area contributed by atoms with Crippen LogP contribution in [0.1, 0.15) is 43.0 Å². The van der Waals surface area contributed by atoms with Crippen LogP contribution in [0.25, 0.3) is 0 Å². The van der Waals surface area contributed by atoms with Gasteiger partial charge < -0.3 is 14.8 Å². The molecule has 0 aromatic heterocycles. The molecule has 1 aliphatic rings. The van der Waals surface area contributed by atoms with Crippen LogP contribution in [0.2, 0.25) is 0 Å². The minimum Gasteiger partial charge on any atom is -0.490 e. The molecule has 4 nitrogen and oxygen atoms in total. The van der Waals surface area contributed by atoms with Gasteiger partial charge in [0.2, 0.25) is 0 Å². The van der Waals surface area contributed by atoms with Gasteiger partial charge in [-0.15, -0.1) is 0 Å². The van der Waals surface area contributed by atoms with E-state index in [1.165, 1.54) is 16.7 Å². The highest BCUT2D eigenvalue weighted by Gasteiger charge is 2.24. The van der Waals surface area contributed by atoms with Crippen molar-refractivity contribution in [2.75, 3.05) is 39.4 Å². The van der Waals surface area contributed by atoms with Gasteiger partial charge in [0.05, 0.1) is 19.3 Å². The zero-order chi connectivity index (χ0) is 19.1. The smallest absolute Gasteiger partial charge is 0.161 e. The average Bonchev–Trinajstić information content (AvgIpc) is 2.95. The van der Waals surface area contributed by atoms with Crippen molar-refractivity contribution < 1.29 is 9.47 Å². The summed E-state index contributed by atoms with van der Waals surface area (Å²) in [7, 11) is 0. The first kappa shape index (κ1) is 19.7. The molecule has 1 fully saturated rings. The van der Waals surface area contributed by atoms with Gasteiger partial charge in [-0.3, -0.25) is 4.90 Å². The van der Waals surface area contributed by atoms with E-state index in [1.807, 2.05) is 13.8 Å². The summed E-state index contributed by atoms with van der Waals surface area (Å²) in [4.78, 5) is 2.58. The van der Waals surface area contributed by atoms with Crippen LogP contribution >= 0.6 is 0 Å². The van der Waals surface area contributed by atoms with Crippen molar-refractivity contribution in [3.63, 3.8) is 0 Å². The van der Waals surface area contributed by atoms with Gasteiger partial charge in [0, 0.05) is 19.6 Å². The Bertz CT molecular complexity index is 707. The summed E-state index contributed by atoms with van der Waals surface area (Å²) in [5.74, 6) is 1.66. The Hall–Kier alpha value is -2.04. The van der Waals surface area contributed by atoms with Crippen LogP contribution in [-0.2, 0) is 0 Å². The molecule has 1 N–H and O–H groups in total. The zero-order valence-electron chi connectivity index (χ0n) is 16.8. The minimum atomic E-state index is 0.223. The number of rotatable bonds is 7. The van der Waals surface area contributed by atoms with Crippen molar-refractivity contribution in [3.05, 3.63) is 59.2 Å². The molecule has 1 saturated heterocycles. The zero-order valence-corrected chi connectivity index (χ0v) is 16.8. The van der Waals surface area contributed by atoms with Crippen molar-refractivity contribution in [3.8, 4) is 11.5 Å². The van der Waals surface area contributed by atoms with Crippen LogP contribution in [-0.4, -0.2) is 44.3 Å². The Balaban J connectivity index is 2.00. The molecule has 0 spiro atoms. The first-order valence-corrected chi connectivity index (χ1v) is 10.1. The lowest BCUT2D eigenvalue weighted by atomic mass is 9.95. The Morgan fingerprint density at radius 2 is 1.59 bits per heavy atom. The Morgan fingerprint density at radius 1 is 0.889 bits per heavy atom. The van der Waals surface area contributed by atoms with Crippen molar-refractivity contribution in [1.29, 1.82) is 0 Å². The predicted octanol–water partition coefficient (Wildman–Crippen LogP) is 4.18. The summed E-state index contributed by atoms with van der Waals surface area (Å²) in [6.07, 6.45) is 1.16. The van der Waals surface area contributed by atoms with Crippen LogP contribution < -0.4 is 14.8 Å². The van der Waals surface area contributed by atoms with Crippen LogP contribution in [0.3, 0.4) is 0 Å². The summed E-state index contributed by atoms with van der Waals surface area (Å²) >= 11 is 0. The van der Waals surface area contributed by atoms with E-state index < -0.39 is 0 Å².